The molecular formula is C5H7Br2F3O. The molecule has 0 spiro atoms. The maximum absolute atomic E-state index is 12.9. The Morgan fingerprint density at radius 2 is 1.82 bits per heavy atom. The van der Waals surface area contributed by atoms with Gasteiger partial charge in [-0.1, -0.05) is 15.9 Å². The molecule has 1 nitrogen and oxygen atoms in total. The summed E-state index contributed by atoms with van der Waals surface area (Å²) >= 11 is 5.10. The van der Waals surface area contributed by atoms with E-state index in [0.717, 1.165) is 7.11 Å². The molecule has 68 valence electrons. The molecule has 0 aromatic heterocycles. The largest absolute Gasteiger partial charge is 0.399 e. The lowest BCUT2D eigenvalue weighted by Crippen LogP contribution is -2.40. The molecule has 1 atom stereocenters. The number of methoxy groups -OCH3 is 1. The smallest absolute Gasteiger partial charge is 0.321 e. The first kappa shape index (κ1) is 11.7. The second-order valence-electron chi connectivity index (χ2n) is 1.86. The molecule has 0 rings (SSSR count). The first-order chi connectivity index (χ1) is 4.87. The fraction of sp³-hybridized carbons (Fsp3) is 1.00. The van der Waals surface area contributed by atoms with Gasteiger partial charge in [0.05, 0.1) is 0 Å². The fourth-order valence-corrected chi connectivity index (χ4v) is 1.85. The molecule has 0 aromatic rings. The van der Waals surface area contributed by atoms with Crippen molar-refractivity contribution in [2.75, 3.05) is 12.4 Å². The lowest BCUT2D eigenvalue weighted by atomic mass is 10.3. The SMILES string of the molecule is COC(F)(F)C(F)(Br)CCBr. The van der Waals surface area contributed by atoms with Crippen molar-refractivity contribution in [1.82, 2.24) is 0 Å². The molecule has 0 amide bonds. The summed E-state index contributed by atoms with van der Waals surface area (Å²) in [5.41, 5.74) is 0. The van der Waals surface area contributed by atoms with Gasteiger partial charge in [0.2, 0.25) is 0 Å². The summed E-state index contributed by atoms with van der Waals surface area (Å²) in [6.07, 6.45) is -4.16. The van der Waals surface area contributed by atoms with Gasteiger partial charge in [0, 0.05) is 18.9 Å². The van der Waals surface area contributed by atoms with Gasteiger partial charge in [0.15, 0.2) is 0 Å². The van der Waals surface area contributed by atoms with Crippen molar-refractivity contribution in [3.63, 3.8) is 0 Å². The highest BCUT2D eigenvalue weighted by Gasteiger charge is 2.53. The predicted molar refractivity (Wildman–Crippen MR) is 43.1 cm³/mol. The molecule has 0 saturated carbocycles. The minimum Gasteiger partial charge on any atom is -0.321 e. The molecule has 11 heavy (non-hydrogen) atoms. The van der Waals surface area contributed by atoms with Crippen molar-refractivity contribution >= 4 is 31.9 Å². The lowest BCUT2D eigenvalue weighted by molar-refractivity contribution is -0.268. The van der Waals surface area contributed by atoms with E-state index in [0.29, 0.717) is 0 Å². The summed E-state index contributed by atoms with van der Waals surface area (Å²) in [6, 6.07) is 0. The third kappa shape index (κ3) is 2.91. The van der Waals surface area contributed by atoms with Gasteiger partial charge in [-0.3, -0.25) is 0 Å². The van der Waals surface area contributed by atoms with Crippen LogP contribution in [-0.2, 0) is 4.74 Å². The van der Waals surface area contributed by atoms with Crippen LogP contribution in [-0.4, -0.2) is 23.1 Å². The zero-order chi connectivity index (χ0) is 9.12. The average Bonchev–Trinajstić information content (AvgIpc) is 1.87. The molecule has 0 radical (unpaired) electrons. The Labute approximate surface area is 79.5 Å². The predicted octanol–water partition coefficient (Wildman–Crippen LogP) is 3.07. The average molecular weight is 300 g/mol. The van der Waals surface area contributed by atoms with E-state index in [4.69, 9.17) is 0 Å². The summed E-state index contributed by atoms with van der Waals surface area (Å²) in [6.45, 7) is 0. The molecule has 0 fully saturated rings. The van der Waals surface area contributed by atoms with Crippen molar-refractivity contribution in [2.45, 2.75) is 17.1 Å². The molecule has 0 aliphatic rings. The Balaban J connectivity index is 4.26. The Morgan fingerprint density at radius 1 is 1.36 bits per heavy atom. The van der Waals surface area contributed by atoms with Crippen molar-refractivity contribution in [2.24, 2.45) is 0 Å². The van der Waals surface area contributed by atoms with Gasteiger partial charge in [-0.25, -0.2) is 4.39 Å². The third-order valence-corrected chi connectivity index (χ3v) is 2.35. The van der Waals surface area contributed by atoms with Crippen LogP contribution in [0.5, 0.6) is 0 Å². The monoisotopic (exact) mass is 298 g/mol. The van der Waals surface area contributed by atoms with Crippen LogP contribution in [0.3, 0.4) is 0 Å². The highest BCUT2D eigenvalue weighted by molar-refractivity contribution is 9.10. The van der Waals surface area contributed by atoms with E-state index in [-0.39, 0.29) is 11.8 Å². The van der Waals surface area contributed by atoms with Gasteiger partial charge in [0.1, 0.15) is 0 Å². The summed E-state index contributed by atoms with van der Waals surface area (Å²) in [5.74, 6) is 0. The summed E-state index contributed by atoms with van der Waals surface area (Å²) in [4.78, 5) is 0. The summed E-state index contributed by atoms with van der Waals surface area (Å²) < 4.78 is 38.7. The first-order valence-electron chi connectivity index (χ1n) is 2.74. The molecule has 1 unspecified atom stereocenters. The molecule has 0 aromatic carbocycles. The van der Waals surface area contributed by atoms with Gasteiger partial charge in [-0.05, 0) is 15.9 Å². The second-order valence-corrected chi connectivity index (χ2v) is 3.91. The van der Waals surface area contributed by atoms with E-state index in [2.05, 4.69) is 36.6 Å². The quantitative estimate of drug-likeness (QED) is 0.725. The third-order valence-electron chi connectivity index (χ3n) is 1.09. The Kier molecular flexibility index (Phi) is 4.36. The van der Waals surface area contributed by atoms with E-state index in [1.165, 1.54) is 0 Å². The number of hydrogen-bond donors (Lipinski definition) is 0. The van der Waals surface area contributed by atoms with Crippen molar-refractivity contribution in [3.8, 4) is 0 Å². The molecule has 0 saturated heterocycles. The van der Waals surface area contributed by atoms with E-state index < -0.39 is 10.7 Å². The molecule has 0 N–H and O–H groups in total. The zero-order valence-electron chi connectivity index (χ0n) is 5.71. The molecule has 0 aliphatic heterocycles. The molecule has 0 aliphatic carbocycles. The minimum atomic E-state index is -3.79. The van der Waals surface area contributed by atoms with Crippen molar-refractivity contribution in [3.05, 3.63) is 0 Å². The topological polar surface area (TPSA) is 9.23 Å². The summed E-state index contributed by atoms with van der Waals surface area (Å²) in [7, 11) is 0.754. The Hall–Kier alpha value is 0.710. The first-order valence-corrected chi connectivity index (χ1v) is 4.65. The number of halogens is 5. The standard InChI is InChI=1S/C5H7Br2F3O/c1-11-5(9,10)4(7,8)2-3-6/h2-3H2,1H3. The minimum absolute atomic E-state index is 0.133. The highest BCUT2D eigenvalue weighted by Crippen LogP contribution is 2.41. The van der Waals surface area contributed by atoms with E-state index in [1.54, 1.807) is 0 Å². The lowest BCUT2D eigenvalue weighted by Gasteiger charge is -2.25. The molecule has 6 heteroatoms. The van der Waals surface area contributed by atoms with Crippen molar-refractivity contribution < 1.29 is 17.9 Å². The van der Waals surface area contributed by atoms with E-state index in [9.17, 15) is 13.2 Å². The second kappa shape index (κ2) is 4.09. The molecule has 0 bridgehead atoms. The van der Waals surface area contributed by atoms with Crippen LogP contribution in [0.15, 0.2) is 0 Å². The Morgan fingerprint density at radius 3 is 2.09 bits per heavy atom. The summed E-state index contributed by atoms with van der Waals surface area (Å²) in [5, 5.41) is 0.133. The molecule has 0 heterocycles. The van der Waals surface area contributed by atoms with Crippen LogP contribution in [0.25, 0.3) is 0 Å². The number of ether oxygens (including phenoxy) is 1. The maximum atomic E-state index is 12.9. The van der Waals surface area contributed by atoms with Gasteiger partial charge in [-0.2, -0.15) is 8.78 Å². The van der Waals surface area contributed by atoms with Crippen LogP contribution >= 0.6 is 31.9 Å². The van der Waals surface area contributed by atoms with Crippen LogP contribution in [0.1, 0.15) is 6.42 Å². The van der Waals surface area contributed by atoms with Crippen molar-refractivity contribution in [1.29, 1.82) is 0 Å². The van der Waals surface area contributed by atoms with Gasteiger partial charge in [0.25, 0.3) is 4.58 Å². The zero-order valence-corrected chi connectivity index (χ0v) is 8.88. The van der Waals surface area contributed by atoms with Crippen LogP contribution in [0.2, 0.25) is 0 Å². The van der Waals surface area contributed by atoms with Crippen LogP contribution in [0, 0.1) is 0 Å². The Bertz CT molecular complexity index is 129. The fourth-order valence-electron chi connectivity index (χ4n) is 0.414. The highest BCUT2D eigenvalue weighted by atomic mass is 79.9. The van der Waals surface area contributed by atoms with Crippen LogP contribution in [0.4, 0.5) is 13.2 Å². The van der Waals surface area contributed by atoms with E-state index >= 15 is 0 Å². The van der Waals surface area contributed by atoms with Crippen LogP contribution < -0.4 is 0 Å². The van der Waals surface area contributed by atoms with E-state index in [1.807, 2.05) is 0 Å². The van der Waals surface area contributed by atoms with Gasteiger partial charge < -0.3 is 4.74 Å². The van der Waals surface area contributed by atoms with Gasteiger partial charge >= 0.3 is 6.11 Å². The normalized spacial score (nSPS) is 18.0. The number of hydrogen-bond acceptors (Lipinski definition) is 1. The maximum Gasteiger partial charge on any atom is 0.399 e. The van der Waals surface area contributed by atoms with Gasteiger partial charge in [-0.15, -0.1) is 0 Å². The molecular weight excluding hydrogens is 293 g/mol. The number of rotatable bonds is 4. The number of alkyl halides is 5.